The predicted octanol–water partition coefficient (Wildman–Crippen LogP) is 5.19. The van der Waals surface area contributed by atoms with Crippen molar-refractivity contribution >= 4 is 23.0 Å². The summed E-state index contributed by atoms with van der Waals surface area (Å²) in [5.41, 5.74) is 12.6. The van der Waals surface area contributed by atoms with Gasteiger partial charge in [0, 0.05) is 16.6 Å². The van der Waals surface area contributed by atoms with Crippen LogP contribution in [0.15, 0.2) is 42.8 Å². The summed E-state index contributed by atoms with van der Waals surface area (Å²) in [6.07, 6.45) is 11.0. The molecule has 0 amide bonds. The number of nitrogens with one attached hydrogen (secondary N) is 1. The van der Waals surface area contributed by atoms with Gasteiger partial charge in [-0.05, 0) is 79.8 Å². The van der Waals surface area contributed by atoms with E-state index in [2.05, 4.69) is 39.6 Å². The topological polar surface area (TPSA) is 84.1 Å². The standard InChI is InChI=1S/C24H26N4OS/c25-24-26-11-10-19(28-24)16-8-9-18-15(12-16)5-3-6-20(18)27-21(14-29)23-13-17-4-1-2-7-22(17)30-23/h8-14,20,27,29H,1-7H2,(H2,25,26,28)/b21-14+. The largest absolute Gasteiger partial charge is 0.513 e. The van der Waals surface area contributed by atoms with Gasteiger partial charge in [0.1, 0.15) is 6.26 Å². The summed E-state index contributed by atoms with van der Waals surface area (Å²) < 4.78 is 0. The third-order valence-corrected chi connectivity index (χ3v) is 7.42. The molecule has 0 saturated heterocycles. The molecule has 2 aliphatic carbocycles. The van der Waals surface area contributed by atoms with E-state index in [9.17, 15) is 5.11 Å². The highest BCUT2D eigenvalue weighted by Gasteiger charge is 2.23. The van der Waals surface area contributed by atoms with Gasteiger partial charge in [-0.1, -0.05) is 12.1 Å². The van der Waals surface area contributed by atoms with E-state index >= 15 is 0 Å². The van der Waals surface area contributed by atoms with Crippen molar-refractivity contribution in [2.24, 2.45) is 0 Å². The number of aromatic nitrogens is 2. The quantitative estimate of drug-likeness (QED) is 0.508. The van der Waals surface area contributed by atoms with E-state index in [-0.39, 0.29) is 6.04 Å². The smallest absolute Gasteiger partial charge is 0.220 e. The van der Waals surface area contributed by atoms with E-state index in [0.717, 1.165) is 47.5 Å². The van der Waals surface area contributed by atoms with Crippen LogP contribution in [0, 0.1) is 0 Å². The normalized spacial score (nSPS) is 18.5. The maximum absolute atomic E-state index is 9.99. The Morgan fingerprint density at radius 1 is 1.10 bits per heavy atom. The molecule has 2 aromatic heterocycles. The molecule has 0 saturated carbocycles. The summed E-state index contributed by atoms with van der Waals surface area (Å²) in [4.78, 5) is 11.0. The Kier molecular flexibility index (Phi) is 5.17. The van der Waals surface area contributed by atoms with Gasteiger partial charge in [0.05, 0.1) is 22.3 Å². The van der Waals surface area contributed by atoms with Gasteiger partial charge < -0.3 is 16.2 Å². The third-order valence-electron chi connectivity index (χ3n) is 6.15. The van der Waals surface area contributed by atoms with Crippen LogP contribution in [0.4, 0.5) is 5.95 Å². The SMILES string of the molecule is Nc1nccc(-c2ccc3c(c2)CCCC3N/C(=C/O)c2cc3c(s2)CCCC3)n1. The van der Waals surface area contributed by atoms with Gasteiger partial charge in [0.2, 0.25) is 5.95 Å². The highest BCUT2D eigenvalue weighted by atomic mass is 32.1. The van der Waals surface area contributed by atoms with Crippen molar-refractivity contribution < 1.29 is 5.11 Å². The molecule has 0 radical (unpaired) electrons. The van der Waals surface area contributed by atoms with Crippen LogP contribution in [0.2, 0.25) is 0 Å². The van der Waals surface area contributed by atoms with Crippen LogP contribution >= 0.6 is 11.3 Å². The minimum atomic E-state index is 0.191. The minimum absolute atomic E-state index is 0.191. The van der Waals surface area contributed by atoms with Crippen molar-refractivity contribution in [3.05, 3.63) is 69.2 Å². The number of hydrogen-bond acceptors (Lipinski definition) is 6. The van der Waals surface area contributed by atoms with Crippen molar-refractivity contribution in [2.75, 3.05) is 5.73 Å². The van der Waals surface area contributed by atoms with Gasteiger partial charge in [-0.15, -0.1) is 11.3 Å². The molecule has 1 atom stereocenters. The molecule has 154 valence electrons. The first-order chi connectivity index (χ1) is 14.7. The molecule has 1 unspecified atom stereocenters. The van der Waals surface area contributed by atoms with E-state index < -0.39 is 0 Å². The van der Waals surface area contributed by atoms with Gasteiger partial charge in [0.25, 0.3) is 0 Å². The molecule has 2 aliphatic rings. The highest BCUT2D eigenvalue weighted by Crippen LogP contribution is 2.37. The predicted molar refractivity (Wildman–Crippen MR) is 122 cm³/mol. The molecule has 0 bridgehead atoms. The molecule has 4 N–H and O–H groups in total. The van der Waals surface area contributed by atoms with Crippen LogP contribution in [0.1, 0.15) is 58.2 Å². The number of aryl methyl sites for hydroxylation is 3. The Morgan fingerprint density at radius 2 is 1.97 bits per heavy atom. The van der Waals surface area contributed by atoms with Crippen molar-refractivity contribution in [1.29, 1.82) is 0 Å². The summed E-state index contributed by atoms with van der Waals surface area (Å²) >= 11 is 1.82. The summed E-state index contributed by atoms with van der Waals surface area (Å²) in [5.74, 6) is 0.293. The maximum Gasteiger partial charge on any atom is 0.220 e. The Balaban J connectivity index is 1.41. The Labute approximate surface area is 180 Å². The zero-order valence-electron chi connectivity index (χ0n) is 16.9. The molecule has 5 nitrogen and oxygen atoms in total. The minimum Gasteiger partial charge on any atom is -0.513 e. The van der Waals surface area contributed by atoms with Crippen LogP contribution in [-0.2, 0) is 19.3 Å². The molecule has 6 heteroatoms. The lowest BCUT2D eigenvalue weighted by Gasteiger charge is -2.28. The number of benzene rings is 1. The number of aliphatic hydroxyl groups excluding tert-OH is 1. The number of aliphatic hydroxyl groups is 1. The summed E-state index contributed by atoms with van der Waals surface area (Å²) in [6, 6.07) is 10.9. The molecule has 0 spiro atoms. The first kappa shape index (κ1) is 19.1. The monoisotopic (exact) mass is 418 g/mol. The van der Waals surface area contributed by atoms with Crippen LogP contribution in [-0.4, -0.2) is 15.1 Å². The first-order valence-electron chi connectivity index (χ1n) is 10.7. The number of nitrogen functional groups attached to an aromatic ring is 1. The average molecular weight is 419 g/mol. The third kappa shape index (κ3) is 3.67. The van der Waals surface area contributed by atoms with Crippen molar-refractivity contribution in [1.82, 2.24) is 15.3 Å². The number of nitrogens with two attached hydrogens (primary N) is 1. The van der Waals surface area contributed by atoms with Gasteiger partial charge >= 0.3 is 0 Å². The van der Waals surface area contributed by atoms with Gasteiger partial charge in [-0.25, -0.2) is 9.97 Å². The molecular weight excluding hydrogens is 392 g/mol. The fourth-order valence-electron chi connectivity index (χ4n) is 4.64. The number of anilines is 1. The van der Waals surface area contributed by atoms with Crippen LogP contribution in [0.25, 0.3) is 17.0 Å². The zero-order valence-corrected chi connectivity index (χ0v) is 17.7. The van der Waals surface area contributed by atoms with E-state index in [4.69, 9.17) is 5.73 Å². The fourth-order valence-corrected chi connectivity index (χ4v) is 5.87. The van der Waals surface area contributed by atoms with Crippen molar-refractivity contribution in [3.63, 3.8) is 0 Å². The second-order valence-electron chi connectivity index (χ2n) is 8.11. The van der Waals surface area contributed by atoms with E-state index in [1.807, 2.05) is 17.4 Å². The summed E-state index contributed by atoms with van der Waals surface area (Å²) in [7, 11) is 0. The Hall–Kier alpha value is -2.86. The van der Waals surface area contributed by atoms with Crippen molar-refractivity contribution in [2.45, 2.75) is 51.0 Å². The fraction of sp³-hybridized carbons (Fsp3) is 0.333. The molecular formula is C24H26N4OS. The lowest BCUT2D eigenvalue weighted by molar-refractivity contribution is 0.463. The van der Waals surface area contributed by atoms with E-state index in [1.165, 1.54) is 47.1 Å². The lowest BCUT2D eigenvalue weighted by Crippen LogP contribution is -2.24. The number of fused-ring (bicyclic) bond motifs is 2. The molecule has 30 heavy (non-hydrogen) atoms. The number of rotatable bonds is 4. The second-order valence-corrected chi connectivity index (χ2v) is 9.25. The Morgan fingerprint density at radius 3 is 2.80 bits per heavy atom. The molecule has 1 aromatic carbocycles. The maximum atomic E-state index is 9.99. The molecule has 2 heterocycles. The average Bonchev–Trinajstić information content (AvgIpc) is 3.21. The van der Waals surface area contributed by atoms with Crippen molar-refractivity contribution in [3.8, 4) is 11.3 Å². The summed E-state index contributed by atoms with van der Waals surface area (Å²) in [5, 5.41) is 13.6. The van der Waals surface area contributed by atoms with Gasteiger partial charge in [0.15, 0.2) is 0 Å². The lowest BCUT2D eigenvalue weighted by atomic mass is 9.86. The number of nitrogens with zero attached hydrogens (tertiary/aromatic N) is 2. The molecule has 0 aliphatic heterocycles. The van der Waals surface area contributed by atoms with Crippen LogP contribution in [0.3, 0.4) is 0 Å². The Bertz CT molecular complexity index is 1080. The van der Waals surface area contributed by atoms with Gasteiger partial charge in [-0.3, -0.25) is 0 Å². The zero-order chi connectivity index (χ0) is 20.5. The summed E-state index contributed by atoms with van der Waals surface area (Å²) in [6.45, 7) is 0. The number of hydrogen-bond donors (Lipinski definition) is 3. The number of thiophene rings is 1. The van der Waals surface area contributed by atoms with Crippen LogP contribution < -0.4 is 11.1 Å². The van der Waals surface area contributed by atoms with Gasteiger partial charge in [-0.2, -0.15) is 0 Å². The van der Waals surface area contributed by atoms with E-state index in [1.54, 1.807) is 6.20 Å². The van der Waals surface area contributed by atoms with Crippen LogP contribution in [0.5, 0.6) is 0 Å². The first-order valence-corrected chi connectivity index (χ1v) is 11.5. The second kappa shape index (κ2) is 8.11. The molecule has 3 aromatic rings. The molecule has 0 fully saturated rings. The van der Waals surface area contributed by atoms with E-state index in [0.29, 0.717) is 5.95 Å². The highest BCUT2D eigenvalue weighted by molar-refractivity contribution is 7.13. The molecule has 5 rings (SSSR count).